The SMILES string of the molecule is Cn1ccc2cc(C(=O)NCC3CCCN4CCCCC34)ccc21. The third-order valence-electron chi connectivity index (χ3n) is 5.90. The summed E-state index contributed by atoms with van der Waals surface area (Å²) in [4.78, 5) is 15.2. The molecule has 0 radical (unpaired) electrons. The van der Waals surface area contributed by atoms with E-state index in [4.69, 9.17) is 0 Å². The van der Waals surface area contributed by atoms with E-state index in [0.29, 0.717) is 12.0 Å². The third-order valence-corrected chi connectivity index (χ3v) is 5.90. The van der Waals surface area contributed by atoms with Crippen LogP contribution in [-0.2, 0) is 7.05 Å². The number of benzene rings is 1. The molecule has 1 aromatic heterocycles. The summed E-state index contributed by atoms with van der Waals surface area (Å²) in [6, 6.07) is 8.72. The molecule has 2 atom stereocenters. The molecule has 0 spiro atoms. The van der Waals surface area contributed by atoms with Crippen molar-refractivity contribution in [2.24, 2.45) is 13.0 Å². The van der Waals surface area contributed by atoms with Crippen molar-refractivity contribution < 1.29 is 4.79 Å². The Morgan fingerprint density at radius 1 is 1.17 bits per heavy atom. The lowest BCUT2D eigenvalue weighted by Crippen LogP contribution is -2.51. The molecule has 2 saturated heterocycles. The fraction of sp³-hybridized carbons (Fsp3) is 0.550. The van der Waals surface area contributed by atoms with Crippen LogP contribution in [0.4, 0.5) is 0 Å². The second kappa shape index (κ2) is 6.60. The van der Waals surface area contributed by atoms with Crippen LogP contribution < -0.4 is 5.32 Å². The Morgan fingerprint density at radius 3 is 2.96 bits per heavy atom. The molecule has 4 heteroatoms. The molecule has 3 heterocycles. The summed E-state index contributed by atoms with van der Waals surface area (Å²) in [6.07, 6.45) is 8.54. The molecular weight excluding hydrogens is 298 g/mol. The molecule has 1 aromatic carbocycles. The molecule has 2 fully saturated rings. The van der Waals surface area contributed by atoms with Crippen LogP contribution in [0, 0.1) is 5.92 Å². The lowest BCUT2D eigenvalue weighted by atomic mass is 9.83. The van der Waals surface area contributed by atoms with E-state index in [9.17, 15) is 4.79 Å². The zero-order chi connectivity index (χ0) is 16.5. The minimum absolute atomic E-state index is 0.0636. The van der Waals surface area contributed by atoms with Crippen LogP contribution in [-0.4, -0.2) is 41.1 Å². The molecule has 4 nitrogen and oxygen atoms in total. The summed E-state index contributed by atoms with van der Waals surface area (Å²) in [7, 11) is 2.03. The van der Waals surface area contributed by atoms with E-state index >= 15 is 0 Å². The summed E-state index contributed by atoms with van der Waals surface area (Å²) < 4.78 is 2.08. The molecule has 2 aliphatic heterocycles. The van der Waals surface area contributed by atoms with Gasteiger partial charge in [0.05, 0.1) is 0 Å². The molecule has 2 aromatic rings. The van der Waals surface area contributed by atoms with Crippen molar-refractivity contribution >= 4 is 16.8 Å². The Morgan fingerprint density at radius 2 is 2.04 bits per heavy atom. The maximum Gasteiger partial charge on any atom is 0.251 e. The van der Waals surface area contributed by atoms with Crippen LogP contribution in [0.1, 0.15) is 42.5 Å². The van der Waals surface area contributed by atoms with Crippen molar-refractivity contribution in [2.75, 3.05) is 19.6 Å². The molecule has 0 aliphatic carbocycles. The number of carbonyl (C=O) groups excluding carboxylic acids is 1. The molecular formula is C20H27N3O. The van der Waals surface area contributed by atoms with Gasteiger partial charge in [-0.25, -0.2) is 0 Å². The highest BCUT2D eigenvalue weighted by Gasteiger charge is 2.32. The van der Waals surface area contributed by atoms with Gasteiger partial charge >= 0.3 is 0 Å². The molecule has 128 valence electrons. The van der Waals surface area contributed by atoms with E-state index in [-0.39, 0.29) is 5.91 Å². The number of piperidine rings is 2. The maximum atomic E-state index is 12.6. The number of hydrogen-bond donors (Lipinski definition) is 1. The fourth-order valence-corrected chi connectivity index (χ4v) is 4.56. The van der Waals surface area contributed by atoms with Crippen molar-refractivity contribution in [3.63, 3.8) is 0 Å². The summed E-state index contributed by atoms with van der Waals surface area (Å²) in [5, 5.41) is 4.33. The fourth-order valence-electron chi connectivity index (χ4n) is 4.56. The van der Waals surface area contributed by atoms with Gasteiger partial charge in [0.1, 0.15) is 0 Å². The van der Waals surface area contributed by atoms with Gasteiger partial charge in [0.25, 0.3) is 5.91 Å². The van der Waals surface area contributed by atoms with E-state index in [2.05, 4.69) is 20.9 Å². The highest BCUT2D eigenvalue weighted by Crippen LogP contribution is 2.30. The number of fused-ring (bicyclic) bond motifs is 2. The predicted octanol–water partition coefficient (Wildman–Crippen LogP) is 3.17. The number of hydrogen-bond acceptors (Lipinski definition) is 2. The number of aryl methyl sites for hydroxylation is 1. The molecule has 4 rings (SSSR count). The lowest BCUT2D eigenvalue weighted by molar-refractivity contribution is 0.0575. The molecule has 1 N–H and O–H groups in total. The predicted molar refractivity (Wildman–Crippen MR) is 97.2 cm³/mol. The largest absolute Gasteiger partial charge is 0.352 e. The summed E-state index contributed by atoms with van der Waals surface area (Å²) in [5.74, 6) is 0.678. The van der Waals surface area contributed by atoms with E-state index in [0.717, 1.165) is 23.0 Å². The summed E-state index contributed by atoms with van der Waals surface area (Å²) in [6.45, 7) is 3.31. The van der Waals surface area contributed by atoms with E-state index < -0.39 is 0 Å². The topological polar surface area (TPSA) is 37.3 Å². The normalized spacial score (nSPS) is 24.7. The zero-order valence-electron chi connectivity index (χ0n) is 14.5. The Hall–Kier alpha value is -1.81. The number of carbonyl (C=O) groups is 1. The molecule has 0 bridgehead atoms. The highest BCUT2D eigenvalue weighted by atomic mass is 16.1. The quantitative estimate of drug-likeness (QED) is 0.941. The Balaban J connectivity index is 1.41. The van der Waals surface area contributed by atoms with Crippen LogP contribution in [0.3, 0.4) is 0 Å². The minimum Gasteiger partial charge on any atom is -0.352 e. The number of aromatic nitrogens is 1. The van der Waals surface area contributed by atoms with Crippen LogP contribution in [0.5, 0.6) is 0 Å². The van der Waals surface area contributed by atoms with Gasteiger partial charge in [-0.1, -0.05) is 6.42 Å². The first kappa shape index (κ1) is 15.7. The molecule has 1 amide bonds. The first-order valence-corrected chi connectivity index (χ1v) is 9.30. The summed E-state index contributed by atoms with van der Waals surface area (Å²) in [5.41, 5.74) is 1.93. The van der Waals surface area contributed by atoms with Crippen molar-refractivity contribution in [3.8, 4) is 0 Å². The van der Waals surface area contributed by atoms with Crippen molar-refractivity contribution in [1.82, 2.24) is 14.8 Å². The van der Waals surface area contributed by atoms with Gasteiger partial charge < -0.3 is 14.8 Å². The average Bonchev–Trinajstić information content (AvgIpc) is 3.00. The first-order valence-electron chi connectivity index (χ1n) is 9.30. The summed E-state index contributed by atoms with van der Waals surface area (Å²) >= 11 is 0. The number of nitrogens with one attached hydrogen (secondary N) is 1. The van der Waals surface area contributed by atoms with Crippen molar-refractivity contribution in [1.29, 1.82) is 0 Å². The highest BCUT2D eigenvalue weighted by molar-refractivity contribution is 5.98. The first-order chi connectivity index (χ1) is 11.7. The molecule has 2 aliphatic rings. The van der Waals surface area contributed by atoms with Gasteiger partial charge in [-0.15, -0.1) is 0 Å². The van der Waals surface area contributed by atoms with Gasteiger partial charge in [0.15, 0.2) is 0 Å². The smallest absolute Gasteiger partial charge is 0.251 e. The van der Waals surface area contributed by atoms with Crippen LogP contribution in [0.2, 0.25) is 0 Å². The number of amides is 1. The van der Waals surface area contributed by atoms with Crippen molar-refractivity contribution in [3.05, 3.63) is 36.0 Å². The molecule has 24 heavy (non-hydrogen) atoms. The van der Waals surface area contributed by atoms with E-state index in [1.54, 1.807) is 0 Å². The van der Waals surface area contributed by atoms with Crippen LogP contribution in [0.25, 0.3) is 10.9 Å². The maximum absolute atomic E-state index is 12.6. The van der Waals surface area contributed by atoms with Crippen LogP contribution >= 0.6 is 0 Å². The van der Waals surface area contributed by atoms with E-state index in [1.807, 2.05) is 31.4 Å². The molecule has 2 unspecified atom stereocenters. The van der Waals surface area contributed by atoms with E-state index in [1.165, 1.54) is 45.2 Å². The lowest BCUT2D eigenvalue weighted by Gasteiger charge is -2.44. The Kier molecular flexibility index (Phi) is 4.31. The number of nitrogens with zero attached hydrogens (tertiary/aromatic N) is 2. The standard InChI is InChI=1S/C20H27N3O/c1-22-12-9-15-13-16(7-8-18(15)22)20(24)21-14-17-5-4-11-23-10-3-2-6-19(17)23/h7-9,12-13,17,19H,2-6,10-11,14H2,1H3,(H,21,24). The zero-order valence-corrected chi connectivity index (χ0v) is 14.5. The van der Waals surface area contributed by atoms with Gasteiger partial charge in [-0.3, -0.25) is 4.79 Å². The second-order valence-corrected chi connectivity index (χ2v) is 7.41. The number of rotatable bonds is 3. The average molecular weight is 325 g/mol. The van der Waals surface area contributed by atoms with Gasteiger partial charge in [0, 0.05) is 42.3 Å². The van der Waals surface area contributed by atoms with Gasteiger partial charge in [0.2, 0.25) is 0 Å². The minimum atomic E-state index is 0.0636. The Bertz CT molecular complexity index is 734. The monoisotopic (exact) mass is 325 g/mol. The van der Waals surface area contributed by atoms with Crippen LogP contribution in [0.15, 0.2) is 30.5 Å². The van der Waals surface area contributed by atoms with Gasteiger partial charge in [-0.05, 0) is 69.0 Å². The molecule has 0 saturated carbocycles. The second-order valence-electron chi connectivity index (χ2n) is 7.41. The van der Waals surface area contributed by atoms with Crippen molar-refractivity contribution in [2.45, 2.75) is 38.1 Å². The third kappa shape index (κ3) is 2.95. The van der Waals surface area contributed by atoms with Gasteiger partial charge in [-0.2, -0.15) is 0 Å². The Labute approximate surface area is 143 Å².